The van der Waals surface area contributed by atoms with Crippen LogP contribution in [0.5, 0.6) is 0 Å². The third-order valence-electron chi connectivity index (χ3n) is 5.64. The van der Waals surface area contributed by atoms with Gasteiger partial charge in [0.25, 0.3) is 5.91 Å². The van der Waals surface area contributed by atoms with Gasteiger partial charge in [0.1, 0.15) is 5.82 Å². The summed E-state index contributed by atoms with van der Waals surface area (Å²) in [6, 6.07) is 18.9. The van der Waals surface area contributed by atoms with Crippen LogP contribution in [0, 0.1) is 5.82 Å². The second kappa shape index (κ2) is 7.46. The lowest BCUT2D eigenvalue weighted by Crippen LogP contribution is -2.40. The first-order valence-electron chi connectivity index (χ1n) is 9.64. The summed E-state index contributed by atoms with van der Waals surface area (Å²) in [6.07, 6.45) is 0.716. The van der Waals surface area contributed by atoms with Crippen LogP contribution in [0.15, 0.2) is 66.7 Å². The number of amides is 1. The molecule has 3 nitrogen and oxygen atoms in total. The highest BCUT2D eigenvalue weighted by Crippen LogP contribution is 2.39. The van der Waals surface area contributed by atoms with Crippen LogP contribution in [0.1, 0.15) is 33.2 Å². The molecule has 1 aliphatic heterocycles. The smallest absolute Gasteiger partial charge is 0.256 e. The highest BCUT2D eigenvalue weighted by atomic mass is 35.5. The average Bonchev–Trinajstić information content (AvgIpc) is 3.12. The summed E-state index contributed by atoms with van der Waals surface area (Å²) in [5.41, 5.74) is 4.39. The molecule has 0 saturated carbocycles. The molecule has 0 bridgehead atoms. The first kappa shape index (κ1) is 19.2. The number of para-hydroxylation sites is 1. The number of fused-ring (bicyclic) bond motifs is 3. The summed E-state index contributed by atoms with van der Waals surface area (Å²) in [5, 5.41) is 1.94. The van der Waals surface area contributed by atoms with Crippen molar-refractivity contribution in [2.75, 3.05) is 6.54 Å². The molecule has 6 heteroatoms. The summed E-state index contributed by atoms with van der Waals surface area (Å²) in [5.74, 6) is -0.500. The van der Waals surface area contributed by atoms with Gasteiger partial charge in [-0.3, -0.25) is 4.79 Å². The Hall–Kier alpha value is -2.82. The highest BCUT2D eigenvalue weighted by Gasteiger charge is 2.35. The van der Waals surface area contributed by atoms with Crippen LogP contribution in [-0.2, 0) is 6.42 Å². The Morgan fingerprint density at radius 3 is 2.57 bits per heavy atom. The van der Waals surface area contributed by atoms with Gasteiger partial charge in [-0.25, -0.2) is 4.39 Å². The highest BCUT2D eigenvalue weighted by molar-refractivity contribution is 6.36. The second-order valence-corrected chi connectivity index (χ2v) is 8.23. The number of nitrogens with zero attached hydrogens (tertiary/aromatic N) is 1. The average molecular weight is 439 g/mol. The third-order valence-corrected chi connectivity index (χ3v) is 6.19. The van der Waals surface area contributed by atoms with Crippen molar-refractivity contribution in [3.8, 4) is 0 Å². The van der Waals surface area contributed by atoms with E-state index in [2.05, 4.69) is 11.1 Å². The summed E-state index contributed by atoms with van der Waals surface area (Å²) in [7, 11) is 0. The van der Waals surface area contributed by atoms with E-state index in [-0.39, 0.29) is 17.8 Å². The number of benzene rings is 3. The van der Waals surface area contributed by atoms with Crippen LogP contribution in [-0.4, -0.2) is 22.3 Å². The van der Waals surface area contributed by atoms with Crippen LogP contribution in [0.25, 0.3) is 10.9 Å². The zero-order valence-electron chi connectivity index (χ0n) is 15.8. The fourth-order valence-electron chi connectivity index (χ4n) is 4.27. The first-order chi connectivity index (χ1) is 14.5. The molecule has 3 aromatic carbocycles. The van der Waals surface area contributed by atoms with E-state index < -0.39 is 0 Å². The molecule has 5 rings (SSSR count). The SMILES string of the molecule is O=C(c1ccc(Cl)cc1Cl)N1CCc2c([nH]c3ccccc23)C1c1ccc(F)cc1. The molecular formula is C24H17Cl2FN2O. The van der Waals surface area contributed by atoms with E-state index in [9.17, 15) is 9.18 Å². The molecule has 150 valence electrons. The van der Waals surface area contributed by atoms with Gasteiger partial charge in [-0.05, 0) is 53.9 Å². The molecule has 1 atom stereocenters. The molecule has 1 aromatic heterocycles. The van der Waals surface area contributed by atoms with E-state index in [1.54, 1.807) is 35.2 Å². The van der Waals surface area contributed by atoms with Crippen molar-refractivity contribution in [1.82, 2.24) is 9.88 Å². The van der Waals surface area contributed by atoms with Crippen molar-refractivity contribution in [3.63, 3.8) is 0 Å². The minimum Gasteiger partial charge on any atom is -0.356 e. The quantitative estimate of drug-likeness (QED) is 0.386. The van der Waals surface area contributed by atoms with Crippen molar-refractivity contribution < 1.29 is 9.18 Å². The monoisotopic (exact) mass is 438 g/mol. The Morgan fingerprint density at radius 1 is 1.03 bits per heavy atom. The van der Waals surface area contributed by atoms with E-state index in [4.69, 9.17) is 23.2 Å². The molecule has 4 aromatic rings. The van der Waals surface area contributed by atoms with Crippen LogP contribution in [0.3, 0.4) is 0 Å². The minimum atomic E-state index is -0.374. The van der Waals surface area contributed by atoms with Gasteiger partial charge >= 0.3 is 0 Å². The predicted molar refractivity (Wildman–Crippen MR) is 118 cm³/mol. The van der Waals surface area contributed by atoms with E-state index in [1.165, 1.54) is 17.7 Å². The van der Waals surface area contributed by atoms with Gasteiger partial charge in [-0.15, -0.1) is 0 Å². The zero-order chi connectivity index (χ0) is 20.8. The fraction of sp³-hybridized carbons (Fsp3) is 0.125. The number of carbonyl (C=O) groups excluding carboxylic acids is 1. The van der Waals surface area contributed by atoms with E-state index in [0.717, 1.165) is 22.2 Å². The van der Waals surface area contributed by atoms with Gasteiger partial charge in [0, 0.05) is 28.2 Å². The Balaban J connectivity index is 1.66. The second-order valence-electron chi connectivity index (χ2n) is 7.39. The van der Waals surface area contributed by atoms with Crippen molar-refractivity contribution >= 4 is 40.0 Å². The van der Waals surface area contributed by atoms with E-state index in [1.807, 2.05) is 18.2 Å². The van der Waals surface area contributed by atoms with E-state index >= 15 is 0 Å². The number of hydrogen-bond donors (Lipinski definition) is 1. The Labute approximate surface area is 183 Å². The maximum Gasteiger partial charge on any atom is 0.256 e. The molecule has 30 heavy (non-hydrogen) atoms. The van der Waals surface area contributed by atoms with Crippen molar-refractivity contribution in [2.45, 2.75) is 12.5 Å². The first-order valence-corrected chi connectivity index (χ1v) is 10.4. The number of nitrogens with one attached hydrogen (secondary N) is 1. The lowest BCUT2D eigenvalue weighted by atomic mass is 9.91. The van der Waals surface area contributed by atoms with Crippen LogP contribution < -0.4 is 0 Å². The fourth-order valence-corrected chi connectivity index (χ4v) is 4.76. The molecule has 0 saturated heterocycles. The molecule has 0 radical (unpaired) electrons. The number of aromatic nitrogens is 1. The summed E-state index contributed by atoms with van der Waals surface area (Å²) >= 11 is 12.3. The standard InChI is InChI=1S/C24H17Cl2FN2O/c25-15-7-10-19(20(26)13-15)24(30)29-12-11-18-17-3-1-2-4-21(17)28-22(18)23(29)14-5-8-16(27)9-6-14/h1-10,13,23,28H,11-12H2. The maximum absolute atomic E-state index is 13.6. The van der Waals surface area contributed by atoms with Crippen molar-refractivity contribution in [3.05, 3.63) is 105 Å². The Kier molecular flexibility index (Phi) is 4.76. The Morgan fingerprint density at radius 2 is 1.80 bits per heavy atom. The molecule has 1 N–H and O–H groups in total. The van der Waals surface area contributed by atoms with Crippen LogP contribution in [0.4, 0.5) is 4.39 Å². The maximum atomic E-state index is 13.6. The number of halogens is 3. The molecule has 0 fully saturated rings. The van der Waals surface area contributed by atoms with Crippen LogP contribution >= 0.6 is 23.2 Å². The van der Waals surface area contributed by atoms with Gasteiger partial charge in [0.15, 0.2) is 0 Å². The number of H-pyrrole nitrogens is 1. The number of aromatic amines is 1. The topological polar surface area (TPSA) is 36.1 Å². The molecule has 1 unspecified atom stereocenters. The molecule has 0 aliphatic carbocycles. The van der Waals surface area contributed by atoms with Crippen molar-refractivity contribution in [2.24, 2.45) is 0 Å². The normalized spacial score (nSPS) is 16.0. The van der Waals surface area contributed by atoms with Crippen LogP contribution in [0.2, 0.25) is 10.0 Å². The third kappa shape index (κ3) is 3.17. The molecule has 1 amide bonds. The molecule has 2 heterocycles. The van der Waals surface area contributed by atoms with Gasteiger partial charge < -0.3 is 9.88 Å². The number of rotatable bonds is 2. The summed E-state index contributed by atoms with van der Waals surface area (Å²) in [6.45, 7) is 0.522. The van der Waals surface area contributed by atoms with Gasteiger partial charge in [0.2, 0.25) is 0 Å². The van der Waals surface area contributed by atoms with Gasteiger partial charge in [-0.1, -0.05) is 53.5 Å². The van der Waals surface area contributed by atoms with Gasteiger partial charge in [0.05, 0.1) is 16.6 Å². The predicted octanol–water partition coefficient (Wildman–Crippen LogP) is 6.40. The van der Waals surface area contributed by atoms with Gasteiger partial charge in [-0.2, -0.15) is 0 Å². The van der Waals surface area contributed by atoms with E-state index in [0.29, 0.717) is 28.6 Å². The summed E-state index contributed by atoms with van der Waals surface area (Å²) < 4.78 is 13.6. The number of carbonyl (C=O) groups is 1. The molecule has 1 aliphatic rings. The van der Waals surface area contributed by atoms with Crippen molar-refractivity contribution in [1.29, 1.82) is 0 Å². The molecular weight excluding hydrogens is 422 g/mol. The summed E-state index contributed by atoms with van der Waals surface area (Å²) in [4.78, 5) is 18.8. The Bertz CT molecular complexity index is 1270. The lowest BCUT2D eigenvalue weighted by Gasteiger charge is -2.36. The largest absolute Gasteiger partial charge is 0.356 e. The lowest BCUT2D eigenvalue weighted by molar-refractivity contribution is 0.0692. The number of hydrogen-bond acceptors (Lipinski definition) is 1. The molecule has 0 spiro atoms. The zero-order valence-corrected chi connectivity index (χ0v) is 17.3. The minimum absolute atomic E-state index is 0.185.